The molecule has 0 aromatic carbocycles. The Hall–Kier alpha value is -1.36. The molecule has 0 aliphatic heterocycles. The first-order valence-electron chi connectivity index (χ1n) is 4.67. The summed E-state index contributed by atoms with van der Waals surface area (Å²) in [5.41, 5.74) is 5.61. The van der Waals surface area contributed by atoms with Gasteiger partial charge in [-0.15, -0.1) is 0 Å². The lowest BCUT2D eigenvalue weighted by atomic mass is 10.2. The van der Waals surface area contributed by atoms with Crippen LogP contribution in [0.3, 0.4) is 0 Å². The molecule has 0 aliphatic rings. The molecule has 14 heavy (non-hydrogen) atoms. The zero-order valence-electron chi connectivity index (χ0n) is 8.02. The summed E-state index contributed by atoms with van der Waals surface area (Å²) in [6.45, 7) is 0.781. The van der Waals surface area contributed by atoms with E-state index in [4.69, 9.17) is 10.8 Å². The fourth-order valence-corrected chi connectivity index (χ4v) is 1.17. The predicted molar refractivity (Wildman–Crippen MR) is 53.8 cm³/mol. The quantitative estimate of drug-likeness (QED) is 0.650. The second-order valence-corrected chi connectivity index (χ2v) is 3.13. The van der Waals surface area contributed by atoms with E-state index in [0.717, 1.165) is 19.3 Å². The summed E-state index contributed by atoms with van der Waals surface area (Å²) in [6, 6.07) is 1.36. The highest BCUT2D eigenvalue weighted by Crippen LogP contribution is 1.96. The van der Waals surface area contributed by atoms with E-state index < -0.39 is 0 Å². The van der Waals surface area contributed by atoms with E-state index >= 15 is 0 Å². The van der Waals surface area contributed by atoms with E-state index in [0.29, 0.717) is 12.2 Å². The monoisotopic (exact) mass is 197 g/mol. The van der Waals surface area contributed by atoms with E-state index in [1.807, 2.05) is 0 Å². The minimum absolute atomic E-state index is 0.172. The van der Waals surface area contributed by atoms with Gasteiger partial charge in [-0.05, 0) is 19.3 Å². The predicted octanol–water partition coefficient (Wildman–Crippen LogP) is -0.0119. The van der Waals surface area contributed by atoms with Gasteiger partial charge < -0.3 is 10.8 Å². The number of anilines is 1. The maximum Gasteiger partial charge on any atom is 0.268 e. The average molecular weight is 197 g/mol. The Morgan fingerprint density at radius 1 is 1.43 bits per heavy atom. The molecule has 78 valence electrons. The molecule has 0 saturated heterocycles. The highest BCUT2D eigenvalue weighted by atomic mass is 16.2. The van der Waals surface area contributed by atoms with Gasteiger partial charge in [-0.1, -0.05) is 0 Å². The van der Waals surface area contributed by atoms with E-state index in [-0.39, 0.29) is 12.2 Å². The number of hydrogen-bond donors (Lipinski definition) is 2. The summed E-state index contributed by atoms with van der Waals surface area (Å²) in [4.78, 5) is 11.3. The second kappa shape index (κ2) is 5.39. The molecule has 5 heteroatoms. The van der Waals surface area contributed by atoms with Crippen LogP contribution in [0.4, 0.5) is 5.69 Å². The normalized spacial score (nSPS) is 10.4. The Morgan fingerprint density at radius 3 is 2.86 bits per heavy atom. The van der Waals surface area contributed by atoms with Crippen LogP contribution < -0.4 is 11.3 Å². The third-order valence-corrected chi connectivity index (χ3v) is 1.92. The van der Waals surface area contributed by atoms with E-state index in [9.17, 15) is 4.79 Å². The third-order valence-electron chi connectivity index (χ3n) is 1.92. The number of unbranched alkanes of at least 4 members (excludes halogenated alkanes) is 2. The molecule has 1 heterocycles. The van der Waals surface area contributed by atoms with Gasteiger partial charge in [-0.2, -0.15) is 5.10 Å². The van der Waals surface area contributed by atoms with E-state index in [1.165, 1.54) is 16.9 Å². The molecular formula is C9H15N3O2. The van der Waals surface area contributed by atoms with Crippen LogP contribution >= 0.6 is 0 Å². The van der Waals surface area contributed by atoms with Crippen LogP contribution in [0.5, 0.6) is 0 Å². The number of nitrogen functional groups attached to an aromatic ring is 1. The second-order valence-electron chi connectivity index (χ2n) is 3.13. The standard InChI is InChI=1S/C9H15N3O2/c10-8-6-9(14)12(11-7-8)4-2-1-3-5-13/h6-7,13H,1-5,10H2. The lowest BCUT2D eigenvalue weighted by Crippen LogP contribution is -2.22. The number of aliphatic hydroxyl groups excluding tert-OH is 1. The van der Waals surface area contributed by atoms with Gasteiger partial charge in [0.25, 0.3) is 5.56 Å². The number of aliphatic hydroxyl groups is 1. The fraction of sp³-hybridized carbons (Fsp3) is 0.556. The molecule has 0 atom stereocenters. The molecule has 1 aromatic heterocycles. The van der Waals surface area contributed by atoms with Gasteiger partial charge in [-0.25, -0.2) is 4.68 Å². The van der Waals surface area contributed by atoms with Gasteiger partial charge in [0.05, 0.1) is 11.9 Å². The van der Waals surface area contributed by atoms with Gasteiger partial charge in [0.2, 0.25) is 0 Å². The number of nitrogens with zero attached hydrogens (tertiary/aromatic N) is 2. The van der Waals surface area contributed by atoms with Crippen molar-refractivity contribution in [2.24, 2.45) is 0 Å². The van der Waals surface area contributed by atoms with Crippen LogP contribution in [0, 0.1) is 0 Å². The summed E-state index contributed by atoms with van der Waals surface area (Å²) in [5, 5.41) is 12.4. The Labute approximate surface area is 82.2 Å². The van der Waals surface area contributed by atoms with Crippen molar-refractivity contribution in [1.29, 1.82) is 0 Å². The minimum atomic E-state index is -0.172. The van der Waals surface area contributed by atoms with Crippen molar-refractivity contribution in [2.45, 2.75) is 25.8 Å². The molecule has 0 amide bonds. The molecule has 1 rings (SSSR count). The fourth-order valence-electron chi connectivity index (χ4n) is 1.17. The molecular weight excluding hydrogens is 182 g/mol. The Balaban J connectivity index is 2.47. The van der Waals surface area contributed by atoms with Crippen LogP contribution in [0.25, 0.3) is 0 Å². The van der Waals surface area contributed by atoms with E-state index in [1.54, 1.807) is 0 Å². The van der Waals surface area contributed by atoms with Crippen LogP contribution in [-0.2, 0) is 6.54 Å². The zero-order valence-corrected chi connectivity index (χ0v) is 8.02. The molecule has 0 saturated carbocycles. The minimum Gasteiger partial charge on any atom is -0.397 e. The van der Waals surface area contributed by atoms with Gasteiger partial charge in [0.15, 0.2) is 0 Å². The topological polar surface area (TPSA) is 81.1 Å². The molecule has 0 spiro atoms. The van der Waals surface area contributed by atoms with Crippen molar-refractivity contribution in [3.63, 3.8) is 0 Å². The Morgan fingerprint density at radius 2 is 2.21 bits per heavy atom. The van der Waals surface area contributed by atoms with Gasteiger partial charge in [0, 0.05) is 19.2 Å². The van der Waals surface area contributed by atoms with Gasteiger partial charge in [0.1, 0.15) is 0 Å². The molecule has 0 fully saturated rings. The maximum absolute atomic E-state index is 11.3. The largest absolute Gasteiger partial charge is 0.397 e. The maximum atomic E-state index is 11.3. The van der Waals surface area contributed by atoms with Crippen molar-refractivity contribution in [3.8, 4) is 0 Å². The number of nitrogens with two attached hydrogens (primary N) is 1. The van der Waals surface area contributed by atoms with Crippen LogP contribution in [0.1, 0.15) is 19.3 Å². The smallest absolute Gasteiger partial charge is 0.268 e. The van der Waals surface area contributed by atoms with Crippen molar-refractivity contribution in [1.82, 2.24) is 9.78 Å². The number of rotatable bonds is 5. The van der Waals surface area contributed by atoms with Gasteiger partial charge in [-0.3, -0.25) is 4.79 Å². The van der Waals surface area contributed by atoms with Crippen LogP contribution in [0.15, 0.2) is 17.1 Å². The summed E-state index contributed by atoms with van der Waals surface area (Å²) in [6.07, 6.45) is 3.98. The zero-order chi connectivity index (χ0) is 10.4. The summed E-state index contributed by atoms with van der Waals surface area (Å²) in [5.74, 6) is 0. The van der Waals surface area contributed by atoms with Crippen LogP contribution in [0.2, 0.25) is 0 Å². The average Bonchev–Trinajstić information content (AvgIpc) is 2.15. The van der Waals surface area contributed by atoms with Crippen molar-refractivity contribution in [2.75, 3.05) is 12.3 Å². The summed E-state index contributed by atoms with van der Waals surface area (Å²) >= 11 is 0. The Bertz CT molecular complexity index is 335. The molecule has 0 bridgehead atoms. The first-order chi connectivity index (χ1) is 6.74. The number of aromatic nitrogens is 2. The highest BCUT2D eigenvalue weighted by Gasteiger charge is 1.97. The molecule has 0 unspecified atom stereocenters. The Kier molecular flexibility index (Phi) is 4.12. The summed E-state index contributed by atoms with van der Waals surface area (Å²) < 4.78 is 1.38. The summed E-state index contributed by atoms with van der Waals surface area (Å²) in [7, 11) is 0. The van der Waals surface area contributed by atoms with Crippen molar-refractivity contribution >= 4 is 5.69 Å². The highest BCUT2D eigenvalue weighted by molar-refractivity contribution is 5.31. The SMILES string of the molecule is Nc1cnn(CCCCCO)c(=O)c1. The van der Waals surface area contributed by atoms with E-state index in [2.05, 4.69) is 5.10 Å². The molecule has 5 nitrogen and oxygen atoms in total. The van der Waals surface area contributed by atoms with Crippen molar-refractivity contribution in [3.05, 3.63) is 22.6 Å². The molecule has 0 aliphatic carbocycles. The first-order valence-corrected chi connectivity index (χ1v) is 4.67. The third kappa shape index (κ3) is 3.18. The van der Waals surface area contributed by atoms with Crippen molar-refractivity contribution < 1.29 is 5.11 Å². The van der Waals surface area contributed by atoms with Gasteiger partial charge >= 0.3 is 0 Å². The molecule has 1 aromatic rings. The first kappa shape index (κ1) is 10.7. The van der Waals surface area contributed by atoms with Crippen LogP contribution in [-0.4, -0.2) is 21.5 Å². The molecule has 3 N–H and O–H groups in total. The number of aryl methyl sites for hydroxylation is 1. The molecule has 0 radical (unpaired) electrons. The number of hydrogen-bond acceptors (Lipinski definition) is 4. The lowest BCUT2D eigenvalue weighted by Gasteiger charge is -2.03. The lowest BCUT2D eigenvalue weighted by molar-refractivity contribution is 0.281.